The Morgan fingerprint density at radius 3 is 2.56 bits per heavy atom. The van der Waals surface area contributed by atoms with Crippen LogP contribution in [-0.2, 0) is 11.2 Å². The molecule has 1 aromatic carbocycles. The van der Waals surface area contributed by atoms with Gasteiger partial charge in [0.25, 0.3) is 0 Å². The van der Waals surface area contributed by atoms with Crippen LogP contribution in [0.5, 0.6) is 5.75 Å². The van der Waals surface area contributed by atoms with Gasteiger partial charge in [-0.25, -0.2) is 13.6 Å². The van der Waals surface area contributed by atoms with Crippen molar-refractivity contribution in [2.24, 2.45) is 0 Å². The second kappa shape index (κ2) is 4.89. The fraction of sp³-hybridized carbons (Fsp3) is 0.300. The van der Waals surface area contributed by atoms with Gasteiger partial charge in [0.15, 0.2) is 17.7 Å². The lowest BCUT2D eigenvalue weighted by Gasteiger charge is -2.09. The van der Waals surface area contributed by atoms with Crippen LogP contribution in [0.1, 0.15) is 5.56 Å². The third-order valence-electron chi connectivity index (χ3n) is 2.02. The molecule has 1 rings (SSSR count). The molecule has 1 atom stereocenters. The van der Waals surface area contributed by atoms with E-state index in [-0.39, 0.29) is 11.3 Å². The van der Waals surface area contributed by atoms with Gasteiger partial charge in [-0.3, -0.25) is 0 Å². The molecule has 0 radical (unpaired) electrons. The van der Waals surface area contributed by atoms with Crippen LogP contribution < -0.4 is 4.74 Å². The van der Waals surface area contributed by atoms with Gasteiger partial charge in [0.1, 0.15) is 5.82 Å². The number of halogens is 2. The molecule has 0 fully saturated rings. The summed E-state index contributed by atoms with van der Waals surface area (Å²) in [7, 11) is 1.18. The van der Waals surface area contributed by atoms with E-state index in [9.17, 15) is 13.6 Å². The first-order valence-electron chi connectivity index (χ1n) is 4.38. The summed E-state index contributed by atoms with van der Waals surface area (Å²) in [5, 5.41) is 17.4. The summed E-state index contributed by atoms with van der Waals surface area (Å²) in [6.45, 7) is 0. The number of carbonyl (C=O) groups is 1. The summed E-state index contributed by atoms with van der Waals surface area (Å²) < 4.78 is 31.0. The third kappa shape index (κ3) is 2.66. The molecule has 0 aromatic heterocycles. The minimum Gasteiger partial charge on any atom is -0.494 e. The van der Waals surface area contributed by atoms with Crippen LogP contribution in [-0.4, -0.2) is 29.4 Å². The number of rotatable bonds is 4. The van der Waals surface area contributed by atoms with E-state index >= 15 is 0 Å². The first-order chi connectivity index (χ1) is 7.45. The highest BCUT2D eigenvalue weighted by Gasteiger charge is 2.18. The van der Waals surface area contributed by atoms with E-state index in [0.29, 0.717) is 0 Å². The molecule has 1 aromatic rings. The van der Waals surface area contributed by atoms with Gasteiger partial charge in [0.2, 0.25) is 0 Å². The highest BCUT2D eigenvalue weighted by molar-refractivity contribution is 5.72. The zero-order valence-electron chi connectivity index (χ0n) is 8.41. The SMILES string of the molecule is COc1cc(F)c(CC(O)C(=O)O)cc1F. The highest BCUT2D eigenvalue weighted by atomic mass is 19.1. The maximum Gasteiger partial charge on any atom is 0.332 e. The lowest BCUT2D eigenvalue weighted by molar-refractivity contribution is -0.146. The molecule has 0 aliphatic rings. The first-order valence-corrected chi connectivity index (χ1v) is 4.38. The van der Waals surface area contributed by atoms with Crippen molar-refractivity contribution in [1.82, 2.24) is 0 Å². The average molecular weight is 232 g/mol. The van der Waals surface area contributed by atoms with Gasteiger partial charge in [-0.2, -0.15) is 0 Å². The topological polar surface area (TPSA) is 66.8 Å². The quantitative estimate of drug-likeness (QED) is 0.811. The van der Waals surface area contributed by atoms with Crippen LogP contribution >= 0.6 is 0 Å². The van der Waals surface area contributed by atoms with Gasteiger partial charge in [-0.1, -0.05) is 0 Å². The molecule has 0 saturated heterocycles. The molecule has 2 N–H and O–H groups in total. The molecule has 0 aliphatic carbocycles. The first kappa shape index (κ1) is 12.4. The summed E-state index contributed by atoms with van der Waals surface area (Å²) in [5.74, 6) is -3.39. The van der Waals surface area contributed by atoms with Crippen molar-refractivity contribution in [1.29, 1.82) is 0 Å². The predicted molar refractivity (Wildman–Crippen MR) is 50.3 cm³/mol. The van der Waals surface area contributed by atoms with Crippen LogP contribution in [0.15, 0.2) is 12.1 Å². The number of aliphatic carboxylic acids is 1. The lowest BCUT2D eigenvalue weighted by atomic mass is 10.1. The summed E-state index contributed by atoms with van der Waals surface area (Å²) in [6.07, 6.45) is -2.26. The standard InChI is InChI=1S/C10H10F2O4/c1-16-9-4-6(11)5(2-7(9)12)3-8(13)10(14)15/h2,4,8,13H,3H2,1H3,(H,14,15). The van der Waals surface area contributed by atoms with Crippen LogP contribution in [0, 0.1) is 11.6 Å². The van der Waals surface area contributed by atoms with Gasteiger partial charge in [-0.05, 0) is 11.6 Å². The molecule has 0 bridgehead atoms. The number of aliphatic hydroxyl groups excluding tert-OH is 1. The largest absolute Gasteiger partial charge is 0.494 e. The van der Waals surface area contributed by atoms with Crippen LogP contribution in [0.25, 0.3) is 0 Å². The Balaban J connectivity index is 2.98. The molecule has 0 heterocycles. The fourth-order valence-electron chi connectivity index (χ4n) is 1.18. The van der Waals surface area contributed by atoms with Crippen molar-refractivity contribution in [3.05, 3.63) is 29.3 Å². The Labute approximate surface area is 90.1 Å². The molecule has 0 saturated carbocycles. The number of hydrogen-bond donors (Lipinski definition) is 2. The van der Waals surface area contributed by atoms with Crippen LogP contribution in [0.2, 0.25) is 0 Å². The number of hydrogen-bond acceptors (Lipinski definition) is 3. The number of benzene rings is 1. The van der Waals surface area contributed by atoms with E-state index in [1.165, 1.54) is 7.11 Å². The van der Waals surface area contributed by atoms with Crippen molar-refractivity contribution in [2.45, 2.75) is 12.5 Å². The van der Waals surface area contributed by atoms with Crippen molar-refractivity contribution < 1.29 is 28.5 Å². The molecule has 0 spiro atoms. The molecule has 0 amide bonds. The number of ether oxygens (including phenoxy) is 1. The second-order valence-corrected chi connectivity index (χ2v) is 3.14. The van der Waals surface area contributed by atoms with E-state index in [1.54, 1.807) is 0 Å². The number of carboxylic acids is 1. The Bertz CT molecular complexity index is 406. The van der Waals surface area contributed by atoms with Crippen LogP contribution in [0.4, 0.5) is 8.78 Å². The number of methoxy groups -OCH3 is 1. The zero-order valence-corrected chi connectivity index (χ0v) is 8.41. The molecule has 6 heteroatoms. The van der Waals surface area contributed by atoms with E-state index in [2.05, 4.69) is 4.74 Å². The molecule has 88 valence electrons. The van der Waals surface area contributed by atoms with Gasteiger partial charge in [0.05, 0.1) is 7.11 Å². The van der Waals surface area contributed by atoms with E-state index in [1.807, 2.05) is 0 Å². The maximum atomic E-state index is 13.3. The summed E-state index contributed by atoms with van der Waals surface area (Å²) in [4.78, 5) is 10.3. The number of carboxylic acid groups (broad SMARTS) is 1. The Hall–Kier alpha value is -1.69. The molecule has 0 aliphatic heterocycles. The Kier molecular flexibility index (Phi) is 3.78. The van der Waals surface area contributed by atoms with Gasteiger partial charge < -0.3 is 14.9 Å². The van der Waals surface area contributed by atoms with Gasteiger partial charge >= 0.3 is 5.97 Å². The van der Waals surface area contributed by atoms with E-state index in [4.69, 9.17) is 10.2 Å². The third-order valence-corrected chi connectivity index (χ3v) is 2.02. The summed E-state index contributed by atoms with van der Waals surface area (Å²) >= 11 is 0. The van der Waals surface area contributed by atoms with Crippen molar-refractivity contribution in [2.75, 3.05) is 7.11 Å². The zero-order chi connectivity index (χ0) is 12.3. The molecule has 1 unspecified atom stereocenters. The van der Waals surface area contributed by atoms with Crippen molar-refractivity contribution in [3.8, 4) is 5.75 Å². The van der Waals surface area contributed by atoms with Crippen LogP contribution in [0.3, 0.4) is 0 Å². The normalized spacial score (nSPS) is 12.2. The smallest absolute Gasteiger partial charge is 0.332 e. The van der Waals surface area contributed by atoms with Crippen molar-refractivity contribution in [3.63, 3.8) is 0 Å². The Morgan fingerprint density at radius 2 is 2.06 bits per heavy atom. The van der Waals surface area contributed by atoms with Crippen molar-refractivity contribution >= 4 is 5.97 Å². The Morgan fingerprint density at radius 1 is 1.44 bits per heavy atom. The van der Waals surface area contributed by atoms with Gasteiger partial charge in [-0.15, -0.1) is 0 Å². The summed E-state index contributed by atoms with van der Waals surface area (Å²) in [6, 6.07) is 1.61. The minimum absolute atomic E-state index is 0.215. The second-order valence-electron chi connectivity index (χ2n) is 3.14. The minimum atomic E-state index is -1.76. The average Bonchev–Trinajstić information content (AvgIpc) is 2.22. The molecular formula is C10H10F2O4. The fourth-order valence-corrected chi connectivity index (χ4v) is 1.18. The van der Waals surface area contributed by atoms with Gasteiger partial charge in [0, 0.05) is 12.5 Å². The molecular weight excluding hydrogens is 222 g/mol. The molecule has 16 heavy (non-hydrogen) atoms. The molecule has 4 nitrogen and oxygen atoms in total. The number of aliphatic hydroxyl groups is 1. The summed E-state index contributed by atoms with van der Waals surface area (Å²) in [5.41, 5.74) is -0.215. The maximum absolute atomic E-state index is 13.3. The monoisotopic (exact) mass is 232 g/mol. The predicted octanol–water partition coefficient (Wildman–Crippen LogP) is 0.961. The van der Waals surface area contributed by atoms with E-state index < -0.39 is 30.1 Å². The highest BCUT2D eigenvalue weighted by Crippen LogP contribution is 2.22. The lowest BCUT2D eigenvalue weighted by Crippen LogP contribution is -2.22. The van der Waals surface area contributed by atoms with E-state index in [0.717, 1.165) is 12.1 Å².